The fraction of sp³-hybridized carbons (Fsp3) is 0.839. The molecule has 0 saturated heterocycles. The van der Waals surface area contributed by atoms with Gasteiger partial charge in [0.1, 0.15) is 0 Å². The molecule has 1 aromatic rings. The fourth-order valence-corrected chi connectivity index (χ4v) is 11.1. The van der Waals surface area contributed by atoms with Gasteiger partial charge in [0.25, 0.3) is 0 Å². The number of aromatic nitrogens is 1. The Hall–Kier alpha value is -0.890. The van der Waals surface area contributed by atoms with Crippen molar-refractivity contribution >= 4 is 0 Å². The molecule has 0 aliphatic heterocycles. The van der Waals surface area contributed by atoms with Gasteiger partial charge in [0.2, 0.25) is 0 Å². The Kier molecular flexibility index (Phi) is 5.34. The van der Waals surface area contributed by atoms with Gasteiger partial charge in [-0.05, 0) is 129 Å². The van der Waals surface area contributed by atoms with Crippen LogP contribution in [0.1, 0.15) is 96.7 Å². The molecule has 10 atom stereocenters. The number of aryl methyl sites for hydroxylation is 2. The molecule has 6 rings (SSSR count). The Morgan fingerprint density at radius 2 is 1.97 bits per heavy atom. The number of ether oxygens (including phenoxy) is 1. The maximum Gasteiger partial charge on any atom is 0.0638 e. The maximum atomic E-state index is 6.32. The predicted molar refractivity (Wildman–Crippen MR) is 135 cm³/mol. The molecule has 5 saturated carbocycles. The molecule has 0 bridgehead atoms. The Labute approximate surface area is 202 Å². The van der Waals surface area contributed by atoms with Crippen LogP contribution in [0.4, 0.5) is 0 Å². The van der Waals surface area contributed by atoms with Gasteiger partial charge < -0.3 is 4.74 Å². The summed E-state index contributed by atoms with van der Waals surface area (Å²) in [6, 6.07) is 4.38. The van der Waals surface area contributed by atoms with E-state index in [0.717, 1.165) is 48.3 Å². The van der Waals surface area contributed by atoms with Crippen LogP contribution in [0.5, 0.6) is 0 Å². The molecule has 5 fully saturated rings. The van der Waals surface area contributed by atoms with Crippen LogP contribution in [0.25, 0.3) is 0 Å². The average Bonchev–Trinajstić information content (AvgIpc) is 3.33. The molecule has 1 heterocycles. The molecule has 2 nitrogen and oxygen atoms in total. The lowest BCUT2D eigenvalue weighted by Gasteiger charge is -2.61. The van der Waals surface area contributed by atoms with Crippen LogP contribution in [0.3, 0.4) is 0 Å². The summed E-state index contributed by atoms with van der Waals surface area (Å²) in [7, 11) is 2.03. The number of fused-ring (bicyclic) bond motifs is 4. The average molecular weight is 450 g/mol. The van der Waals surface area contributed by atoms with E-state index < -0.39 is 0 Å². The lowest BCUT2D eigenvalue weighted by Crippen LogP contribution is -2.57. The molecule has 5 aliphatic carbocycles. The van der Waals surface area contributed by atoms with Crippen LogP contribution in [0.2, 0.25) is 0 Å². The van der Waals surface area contributed by atoms with Crippen LogP contribution in [0, 0.1) is 51.8 Å². The largest absolute Gasteiger partial charge is 0.381 e. The van der Waals surface area contributed by atoms with Crippen molar-refractivity contribution in [2.24, 2.45) is 51.8 Å². The second kappa shape index (κ2) is 7.81. The molecule has 182 valence electrons. The maximum absolute atomic E-state index is 6.32. The van der Waals surface area contributed by atoms with Crippen molar-refractivity contribution < 1.29 is 4.74 Å². The van der Waals surface area contributed by atoms with Crippen molar-refractivity contribution in [3.63, 3.8) is 0 Å². The van der Waals surface area contributed by atoms with Crippen LogP contribution >= 0.6 is 0 Å². The summed E-state index contributed by atoms with van der Waals surface area (Å²) in [5.74, 6) is 5.46. The molecule has 0 aromatic carbocycles. The summed E-state index contributed by atoms with van der Waals surface area (Å²) in [6.45, 7) is 10.3. The van der Waals surface area contributed by atoms with Crippen LogP contribution in [0.15, 0.2) is 18.3 Å². The van der Waals surface area contributed by atoms with Gasteiger partial charge in [-0.15, -0.1) is 0 Å². The summed E-state index contributed by atoms with van der Waals surface area (Å²) in [6.07, 6.45) is 17.8. The Balaban J connectivity index is 1.20. The van der Waals surface area contributed by atoms with Crippen molar-refractivity contribution in [2.75, 3.05) is 7.11 Å². The summed E-state index contributed by atoms with van der Waals surface area (Å²) < 4.78 is 6.32. The Bertz CT molecular complexity index is 897. The van der Waals surface area contributed by atoms with Gasteiger partial charge in [-0.3, -0.25) is 4.98 Å². The normalized spacial score (nSPS) is 48.5. The molecule has 1 aromatic heterocycles. The van der Waals surface area contributed by atoms with E-state index in [4.69, 9.17) is 9.72 Å². The smallest absolute Gasteiger partial charge is 0.0638 e. The molecular weight excluding hydrogens is 402 g/mol. The van der Waals surface area contributed by atoms with Gasteiger partial charge >= 0.3 is 0 Å². The van der Waals surface area contributed by atoms with Crippen molar-refractivity contribution in [1.82, 2.24) is 4.98 Å². The minimum atomic E-state index is 0.534. The quantitative estimate of drug-likeness (QED) is 0.448. The van der Waals surface area contributed by atoms with Gasteiger partial charge in [0.05, 0.1) is 6.10 Å². The van der Waals surface area contributed by atoms with Crippen LogP contribution in [-0.4, -0.2) is 18.2 Å². The van der Waals surface area contributed by atoms with E-state index in [-0.39, 0.29) is 0 Å². The number of hydrogen-bond acceptors (Lipinski definition) is 2. The molecule has 0 amide bonds. The van der Waals surface area contributed by atoms with E-state index in [2.05, 4.69) is 39.8 Å². The lowest BCUT2D eigenvalue weighted by molar-refractivity contribution is -0.161. The Morgan fingerprint density at radius 1 is 1.12 bits per heavy atom. The third-order valence-electron chi connectivity index (χ3n) is 12.8. The highest BCUT2D eigenvalue weighted by Crippen LogP contribution is 2.82. The second-order valence-corrected chi connectivity index (χ2v) is 13.4. The van der Waals surface area contributed by atoms with E-state index in [0.29, 0.717) is 22.3 Å². The third kappa shape index (κ3) is 2.98. The van der Waals surface area contributed by atoms with E-state index in [9.17, 15) is 0 Å². The van der Waals surface area contributed by atoms with Gasteiger partial charge in [-0.2, -0.15) is 0 Å². The molecule has 0 radical (unpaired) electrons. The minimum Gasteiger partial charge on any atom is -0.381 e. The monoisotopic (exact) mass is 449 g/mol. The molecule has 5 aliphatic rings. The first-order valence-electron chi connectivity index (χ1n) is 14.3. The number of rotatable bonds is 6. The van der Waals surface area contributed by atoms with E-state index in [1.807, 2.05) is 13.3 Å². The van der Waals surface area contributed by atoms with E-state index in [1.165, 1.54) is 69.0 Å². The molecule has 1 spiro atoms. The van der Waals surface area contributed by atoms with Crippen molar-refractivity contribution in [1.29, 1.82) is 0 Å². The molecule has 2 unspecified atom stereocenters. The molecule has 33 heavy (non-hydrogen) atoms. The highest BCUT2D eigenvalue weighted by molar-refractivity contribution is 5.26. The highest BCUT2D eigenvalue weighted by Gasteiger charge is 2.77. The summed E-state index contributed by atoms with van der Waals surface area (Å²) >= 11 is 0. The fourth-order valence-electron chi connectivity index (χ4n) is 11.1. The number of nitrogens with zero attached hydrogens (tertiary/aromatic N) is 1. The van der Waals surface area contributed by atoms with Crippen molar-refractivity contribution in [3.05, 3.63) is 29.6 Å². The first kappa shape index (κ1) is 22.6. The van der Waals surface area contributed by atoms with Crippen molar-refractivity contribution in [3.8, 4) is 0 Å². The molecule has 0 N–H and O–H groups in total. The van der Waals surface area contributed by atoms with E-state index >= 15 is 0 Å². The Morgan fingerprint density at radius 3 is 2.73 bits per heavy atom. The van der Waals surface area contributed by atoms with Gasteiger partial charge in [-0.25, -0.2) is 0 Å². The summed E-state index contributed by atoms with van der Waals surface area (Å²) in [5.41, 5.74) is 4.46. The number of methoxy groups -OCH3 is 1. The lowest BCUT2D eigenvalue weighted by atomic mass is 9.45. The predicted octanol–water partition coefficient (Wildman–Crippen LogP) is 7.50. The number of pyridine rings is 1. The topological polar surface area (TPSA) is 22.1 Å². The van der Waals surface area contributed by atoms with Gasteiger partial charge in [-0.1, -0.05) is 33.8 Å². The highest BCUT2D eigenvalue weighted by atomic mass is 16.5. The van der Waals surface area contributed by atoms with Gasteiger partial charge in [0, 0.05) is 24.4 Å². The van der Waals surface area contributed by atoms with Crippen LogP contribution < -0.4 is 0 Å². The first-order valence-corrected chi connectivity index (χ1v) is 14.3. The second-order valence-electron chi connectivity index (χ2n) is 13.4. The SMILES string of the molecule is CCc1cccnc1CC[C@@H](C)[C@H]1CC[C@H]2[C@@H]3CC(OC)C45C[C@H]4CC[C@]5(C)[C@H]3CC[C@]12C. The number of hydrogen-bond donors (Lipinski definition) is 0. The molecular formula is C31H47NO. The van der Waals surface area contributed by atoms with Crippen LogP contribution in [-0.2, 0) is 17.6 Å². The van der Waals surface area contributed by atoms with E-state index in [1.54, 1.807) is 0 Å². The minimum absolute atomic E-state index is 0.534. The standard InChI is InChI=1S/C31H47NO/c1-6-21-8-7-17-32-27(21)12-9-20(2)24-10-11-25-23-18-28(33-5)31-19-22(31)13-16-30(31,4)26(23)14-15-29(24,25)3/h7-8,17,20,22-26,28H,6,9-16,18-19H2,1-5H3/t20-,22-,23+,24-,25+,26+,28?,29-,30-,31?/m1/s1. The summed E-state index contributed by atoms with van der Waals surface area (Å²) in [5, 5.41) is 0. The zero-order valence-electron chi connectivity index (χ0n) is 21.9. The summed E-state index contributed by atoms with van der Waals surface area (Å²) in [4.78, 5) is 4.75. The zero-order valence-corrected chi connectivity index (χ0v) is 21.9. The molecule has 2 heteroatoms. The van der Waals surface area contributed by atoms with Gasteiger partial charge in [0.15, 0.2) is 0 Å². The zero-order chi connectivity index (χ0) is 23.0. The van der Waals surface area contributed by atoms with Crippen molar-refractivity contribution in [2.45, 2.75) is 104 Å². The first-order chi connectivity index (χ1) is 15.9. The third-order valence-corrected chi connectivity index (χ3v) is 12.8.